The number of thioether (sulfide) groups is 1. The normalized spacial score (nSPS) is 11.0. The van der Waals surface area contributed by atoms with Crippen molar-refractivity contribution >= 4 is 11.8 Å². The predicted molar refractivity (Wildman–Crippen MR) is 86.4 cm³/mol. The molecule has 0 spiro atoms. The highest BCUT2D eigenvalue weighted by molar-refractivity contribution is 7.98. The van der Waals surface area contributed by atoms with Crippen LogP contribution in [0, 0.1) is 6.92 Å². The molecule has 7 nitrogen and oxygen atoms in total. The van der Waals surface area contributed by atoms with E-state index in [0.29, 0.717) is 22.7 Å². The first-order chi connectivity index (χ1) is 11.3. The summed E-state index contributed by atoms with van der Waals surface area (Å²) < 4.78 is 7.08. The fourth-order valence-corrected chi connectivity index (χ4v) is 2.87. The van der Waals surface area contributed by atoms with Gasteiger partial charge in [0.05, 0.1) is 11.4 Å². The van der Waals surface area contributed by atoms with Gasteiger partial charge in [-0.2, -0.15) is 4.68 Å². The molecule has 0 aliphatic rings. The molecule has 0 bridgehead atoms. The van der Waals surface area contributed by atoms with Gasteiger partial charge in [-0.1, -0.05) is 37.2 Å². The van der Waals surface area contributed by atoms with Crippen molar-refractivity contribution in [1.29, 1.82) is 0 Å². The number of hydrogen-bond acceptors (Lipinski definition) is 7. The van der Waals surface area contributed by atoms with Crippen LogP contribution in [0.1, 0.15) is 37.1 Å². The van der Waals surface area contributed by atoms with Gasteiger partial charge in [-0.25, -0.2) is 0 Å². The lowest BCUT2D eigenvalue weighted by Gasteiger charge is -2.05. The minimum absolute atomic E-state index is 0.537. The Morgan fingerprint density at radius 1 is 1.13 bits per heavy atom. The molecule has 0 aliphatic carbocycles. The standard InChI is InChI=1S/C15H18N6OS/c1-3-4-5-12-6-8-13(9-7-12)21-15(18-19-20-21)23-10-14-17-16-11(2)22-14/h6-9H,3-5,10H2,1-2H3. The fourth-order valence-electron chi connectivity index (χ4n) is 2.14. The van der Waals surface area contributed by atoms with E-state index in [9.17, 15) is 0 Å². The van der Waals surface area contributed by atoms with Crippen molar-refractivity contribution in [2.75, 3.05) is 0 Å². The van der Waals surface area contributed by atoms with E-state index in [2.05, 4.69) is 44.8 Å². The SMILES string of the molecule is CCCCc1ccc(-n2nnnc2SCc2nnc(C)o2)cc1. The molecule has 0 saturated heterocycles. The average Bonchev–Trinajstić information content (AvgIpc) is 3.20. The molecule has 0 N–H and O–H groups in total. The maximum atomic E-state index is 5.36. The minimum atomic E-state index is 0.537. The maximum absolute atomic E-state index is 5.36. The van der Waals surface area contributed by atoms with Gasteiger partial charge in [0.25, 0.3) is 0 Å². The third-order valence-electron chi connectivity index (χ3n) is 3.33. The van der Waals surface area contributed by atoms with Crippen LogP contribution in [0.15, 0.2) is 33.8 Å². The summed E-state index contributed by atoms with van der Waals surface area (Å²) in [5.74, 6) is 1.66. The zero-order chi connectivity index (χ0) is 16.1. The van der Waals surface area contributed by atoms with Crippen molar-refractivity contribution in [2.45, 2.75) is 44.0 Å². The Morgan fingerprint density at radius 3 is 2.65 bits per heavy atom. The molecule has 2 aromatic heterocycles. The smallest absolute Gasteiger partial charge is 0.226 e. The molecule has 0 radical (unpaired) electrons. The number of nitrogens with zero attached hydrogens (tertiary/aromatic N) is 6. The van der Waals surface area contributed by atoms with Crippen molar-refractivity contribution in [1.82, 2.24) is 30.4 Å². The molecule has 23 heavy (non-hydrogen) atoms. The number of unbranched alkanes of at least 4 members (excludes halogenated alkanes) is 1. The summed E-state index contributed by atoms with van der Waals surface area (Å²) >= 11 is 1.46. The molecule has 0 aliphatic heterocycles. The van der Waals surface area contributed by atoms with E-state index in [0.717, 1.165) is 12.1 Å². The zero-order valence-electron chi connectivity index (χ0n) is 13.1. The average molecular weight is 330 g/mol. The van der Waals surface area contributed by atoms with Crippen molar-refractivity contribution < 1.29 is 4.42 Å². The Morgan fingerprint density at radius 2 is 1.96 bits per heavy atom. The quantitative estimate of drug-likeness (QED) is 0.616. The molecule has 8 heteroatoms. The lowest BCUT2D eigenvalue weighted by molar-refractivity contribution is 0.485. The summed E-state index contributed by atoms with van der Waals surface area (Å²) in [7, 11) is 0. The van der Waals surface area contributed by atoms with E-state index in [1.54, 1.807) is 11.6 Å². The summed E-state index contributed by atoms with van der Waals surface area (Å²) in [5, 5.41) is 20.4. The number of aromatic nitrogens is 6. The molecule has 3 rings (SSSR count). The third kappa shape index (κ3) is 3.95. The highest BCUT2D eigenvalue weighted by Crippen LogP contribution is 2.22. The van der Waals surface area contributed by atoms with Crippen molar-refractivity contribution in [3.63, 3.8) is 0 Å². The number of aryl methyl sites for hydroxylation is 2. The van der Waals surface area contributed by atoms with Gasteiger partial charge in [-0.05, 0) is 41.0 Å². The molecular formula is C15H18N6OS. The molecule has 0 atom stereocenters. The summed E-state index contributed by atoms with van der Waals surface area (Å²) in [6.45, 7) is 3.97. The molecule has 120 valence electrons. The van der Waals surface area contributed by atoms with E-state index >= 15 is 0 Å². The second-order valence-electron chi connectivity index (χ2n) is 5.15. The van der Waals surface area contributed by atoms with Crippen LogP contribution in [0.25, 0.3) is 5.69 Å². The lowest BCUT2D eigenvalue weighted by Crippen LogP contribution is -1.99. The number of tetrazole rings is 1. The molecular weight excluding hydrogens is 312 g/mol. The number of benzene rings is 1. The van der Waals surface area contributed by atoms with E-state index < -0.39 is 0 Å². The van der Waals surface area contributed by atoms with E-state index in [1.165, 1.54) is 30.2 Å². The van der Waals surface area contributed by atoms with Gasteiger partial charge in [-0.15, -0.1) is 15.3 Å². The second-order valence-corrected chi connectivity index (χ2v) is 6.09. The van der Waals surface area contributed by atoms with Gasteiger partial charge in [0.15, 0.2) is 0 Å². The van der Waals surface area contributed by atoms with Crippen molar-refractivity contribution in [3.05, 3.63) is 41.6 Å². The van der Waals surface area contributed by atoms with Gasteiger partial charge >= 0.3 is 0 Å². The van der Waals surface area contributed by atoms with Crippen molar-refractivity contribution in [3.8, 4) is 5.69 Å². The van der Waals surface area contributed by atoms with Gasteiger partial charge in [0.1, 0.15) is 0 Å². The summed E-state index contributed by atoms with van der Waals surface area (Å²) in [6, 6.07) is 8.34. The molecule has 0 saturated carbocycles. The first kappa shape index (κ1) is 15.7. The van der Waals surface area contributed by atoms with Crippen LogP contribution < -0.4 is 0 Å². The number of hydrogen-bond donors (Lipinski definition) is 0. The van der Waals surface area contributed by atoms with Crippen LogP contribution in [0.4, 0.5) is 0 Å². The molecule has 1 aromatic carbocycles. The predicted octanol–water partition coefficient (Wildman–Crippen LogP) is 2.99. The van der Waals surface area contributed by atoms with Crippen LogP contribution in [0.3, 0.4) is 0 Å². The van der Waals surface area contributed by atoms with Crippen LogP contribution >= 0.6 is 11.8 Å². The maximum Gasteiger partial charge on any atom is 0.226 e. The van der Waals surface area contributed by atoms with Gasteiger partial charge in [0, 0.05) is 6.92 Å². The monoisotopic (exact) mass is 330 g/mol. The van der Waals surface area contributed by atoms with E-state index in [1.807, 2.05) is 12.1 Å². The van der Waals surface area contributed by atoms with Crippen LogP contribution in [-0.2, 0) is 12.2 Å². The Bertz CT molecular complexity index is 751. The summed E-state index contributed by atoms with van der Waals surface area (Å²) in [5.41, 5.74) is 2.28. The largest absolute Gasteiger partial charge is 0.425 e. The van der Waals surface area contributed by atoms with Crippen LogP contribution in [-0.4, -0.2) is 30.4 Å². The Labute approximate surface area is 138 Å². The molecule has 3 aromatic rings. The van der Waals surface area contributed by atoms with Gasteiger partial charge in [-0.3, -0.25) is 0 Å². The molecule has 0 amide bonds. The van der Waals surface area contributed by atoms with E-state index in [4.69, 9.17) is 4.42 Å². The third-order valence-corrected chi connectivity index (χ3v) is 4.24. The summed E-state index contributed by atoms with van der Waals surface area (Å²) in [6.07, 6.45) is 3.50. The highest BCUT2D eigenvalue weighted by atomic mass is 32.2. The van der Waals surface area contributed by atoms with Gasteiger partial charge in [0.2, 0.25) is 16.9 Å². The van der Waals surface area contributed by atoms with Crippen molar-refractivity contribution in [2.24, 2.45) is 0 Å². The first-order valence-electron chi connectivity index (χ1n) is 7.55. The van der Waals surface area contributed by atoms with Gasteiger partial charge < -0.3 is 4.42 Å². The summed E-state index contributed by atoms with van der Waals surface area (Å²) in [4.78, 5) is 0. The van der Waals surface area contributed by atoms with Crippen LogP contribution in [0.5, 0.6) is 0 Å². The Kier molecular flexibility index (Phi) is 5.02. The molecule has 0 fully saturated rings. The fraction of sp³-hybridized carbons (Fsp3) is 0.400. The Hall–Kier alpha value is -2.22. The topological polar surface area (TPSA) is 82.5 Å². The lowest BCUT2D eigenvalue weighted by atomic mass is 10.1. The first-order valence-corrected chi connectivity index (χ1v) is 8.54. The number of rotatable bonds is 7. The zero-order valence-corrected chi connectivity index (χ0v) is 14.0. The molecule has 2 heterocycles. The van der Waals surface area contributed by atoms with E-state index in [-0.39, 0.29) is 0 Å². The van der Waals surface area contributed by atoms with Crippen LogP contribution in [0.2, 0.25) is 0 Å². The Balaban J connectivity index is 1.70. The second kappa shape index (κ2) is 7.36. The minimum Gasteiger partial charge on any atom is -0.425 e. The molecule has 0 unspecified atom stereocenters. The highest BCUT2D eigenvalue weighted by Gasteiger charge is 2.11.